The van der Waals surface area contributed by atoms with E-state index in [9.17, 15) is 23.1 Å². The van der Waals surface area contributed by atoms with E-state index in [-0.39, 0.29) is 30.8 Å². The third-order valence-corrected chi connectivity index (χ3v) is 6.76. The Labute approximate surface area is 182 Å². The first-order valence-electron chi connectivity index (χ1n) is 11.3. The van der Waals surface area contributed by atoms with Gasteiger partial charge in [0.25, 0.3) is 5.91 Å². The van der Waals surface area contributed by atoms with Gasteiger partial charge in [-0.1, -0.05) is 49.2 Å². The minimum atomic E-state index is -4.36. The number of carbonyl (C=O) groups is 1. The average Bonchev–Trinajstić information content (AvgIpc) is 3.31. The van der Waals surface area contributed by atoms with Crippen LogP contribution in [-0.4, -0.2) is 47.8 Å². The van der Waals surface area contributed by atoms with E-state index < -0.39 is 17.4 Å². The molecule has 1 aromatic carbocycles. The van der Waals surface area contributed by atoms with Crippen LogP contribution in [0.3, 0.4) is 0 Å². The zero-order chi connectivity index (χ0) is 22.5. The van der Waals surface area contributed by atoms with E-state index in [1.54, 1.807) is 17.0 Å². The van der Waals surface area contributed by atoms with Gasteiger partial charge < -0.3 is 15.3 Å². The first-order valence-corrected chi connectivity index (χ1v) is 11.3. The fourth-order valence-corrected chi connectivity index (χ4v) is 4.89. The van der Waals surface area contributed by atoms with Crippen LogP contribution in [0.15, 0.2) is 42.0 Å². The Balaban J connectivity index is 1.90. The van der Waals surface area contributed by atoms with Crippen LogP contribution in [0.2, 0.25) is 0 Å². The molecule has 0 spiro atoms. The number of amides is 1. The molecule has 0 aromatic heterocycles. The Morgan fingerprint density at radius 1 is 1.13 bits per heavy atom. The molecule has 1 aliphatic carbocycles. The number of halogens is 3. The van der Waals surface area contributed by atoms with E-state index in [4.69, 9.17) is 0 Å². The van der Waals surface area contributed by atoms with Crippen molar-refractivity contribution in [3.8, 4) is 0 Å². The molecule has 3 rings (SSSR count). The van der Waals surface area contributed by atoms with Crippen LogP contribution < -0.4 is 5.32 Å². The highest BCUT2D eigenvalue weighted by Gasteiger charge is 2.49. The summed E-state index contributed by atoms with van der Waals surface area (Å²) < 4.78 is 38.7. The zero-order valence-electron chi connectivity index (χ0n) is 18.1. The normalized spacial score (nSPS) is 21.1. The third-order valence-electron chi connectivity index (χ3n) is 6.76. The molecule has 172 valence electrons. The molecule has 4 nitrogen and oxygen atoms in total. The lowest BCUT2D eigenvalue weighted by molar-refractivity contribution is -0.162. The molecule has 7 heteroatoms. The van der Waals surface area contributed by atoms with Crippen molar-refractivity contribution in [2.45, 2.75) is 69.7 Å². The highest BCUT2D eigenvalue weighted by molar-refractivity contribution is 5.87. The maximum Gasteiger partial charge on any atom is 0.412 e. The van der Waals surface area contributed by atoms with Gasteiger partial charge in [-0.25, -0.2) is 0 Å². The molecular formula is C24H33F3N2O2. The largest absolute Gasteiger partial charge is 0.412 e. The van der Waals surface area contributed by atoms with Crippen LogP contribution in [0.5, 0.6) is 0 Å². The van der Waals surface area contributed by atoms with Crippen LogP contribution in [-0.2, 0) is 10.4 Å². The van der Waals surface area contributed by atoms with Gasteiger partial charge in [-0.05, 0) is 57.7 Å². The minimum Gasteiger partial charge on any atom is -0.375 e. The van der Waals surface area contributed by atoms with Gasteiger partial charge in [-0.15, -0.1) is 0 Å². The van der Waals surface area contributed by atoms with Gasteiger partial charge in [-0.2, -0.15) is 13.2 Å². The van der Waals surface area contributed by atoms with Gasteiger partial charge in [0.2, 0.25) is 0 Å². The molecule has 0 radical (unpaired) electrons. The van der Waals surface area contributed by atoms with Crippen molar-refractivity contribution < 1.29 is 23.1 Å². The fraction of sp³-hybridized carbons (Fsp3) is 0.625. The van der Waals surface area contributed by atoms with Crippen LogP contribution in [0.25, 0.3) is 0 Å². The van der Waals surface area contributed by atoms with Crippen molar-refractivity contribution in [1.29, 1.82) is 0 Å². The fourth-order valence-electron chi connectivity index (χ4n) is 4.89. The number of alkyl halides is 3. The molecule has 1 aliphatic heterocycles. The second-order valence-corrected chi connectivity index (χ2v) is 8.77. The molecule has 0 bridgehead atoms. The van der Waals surface area contributed by atoms with Crippen molar-refractivity contribution in [2.75, 3.05) is 19.6 Å². The van der Waals surface area contributed by atoms with Crippen LogP contribution in [0.4, 0.5) is 13.2 Å². The summed E-state index contributed by atoms with van der Waals surface area (Å²) in [7, 11) is 0. The summed E-state index contributed by atoms with van der Waals surface area (Å²) in [5.74, 6) is -0.547. The predicted octanol–water partition coefficient (Wildman–Crippen LogP) is 4.54. The lowest BCUT2D eigenvalue weighted by Crippen LogP contribution is -2.56. The summed E-state index contributed by atoms with van der Waals surface area (Å²) in [6.07, 6.45) is 1.82. The van der Waals surface area contributed by atoms with Gasteiger partial charge in [0.05, 0.1) is 0 Å². The van der Waals surface area contributed by atoms with Crippen LogP contribution >= 0.6 is 0 Å². The monoisotopic (exact) mass is 438 g/mol. The topological polar surface area (TPSA) is 52.6 Å². The van der Waals surface area contributed by atoms with Crippen LogP contribution in [0.1, 0.15) is 57.4 Å². The summed E-state index contributed by atoms with van der Waals surface area (Å²) in [5, 5.41) is 15.2. The Morgan fingerprint density at radius 2 is 1.74 bits per heavy atom. The number of hydrogen-bond donors (Lipinski definition) is 2. The zero-order valence-corrected chi connectivity index (χ0v) is 18.1. The number of carbonyl (C=O) groups excluding carboxylic acids is 1. The van der Waals surface area contributed by atoms with Crippen molar-refractivity contribution in [3.05, 3.63) is 47.5 Å². The first-order chi connectivity index (χ1) is 14.7. The number of nitrogens with zero attached hydrogens (tertiary/aromatic N) is 1. The molecule has 1 saturated heterocycles. The quantitative estimate of drug-likeness (QED) is 0.615. The highest BCUT2D eigenvalue weighted by atomic mass is 19.4. The van der Waals surface area contributed by atoms with Crippen LogP contribution in [0, 0.1) is 5.92 Å². The van der Waals surface area contributed by atoms with Crippen molar-refractivity contribution >= 4 is 5.91 Å². The summed E-state index contributed by atoms with van der Waals surface area (Å²) in [4.78, 5) is 15.6. The van der Waals surface area contributed by atoms with Gasteiger partial charge >= 0.3 is 6.18 Å². The van der Waals surface area contributed by atoms with E-state index in [2.05, 4.69) is 5.32 Å². The molecule has 31 heavy (non-hydrogen) atoms. The Bertz CT molecular complexity index is 754. The van der Waals surface area contributed by atoms with E-state index in [1.165, 1.54) is 0 Å². The molecule has 2 fully saturated rings. The predicted molar refractivity (Wildman–Crippen MR) is 114 cm³/mol. The van der Waals surface area contributed by atoms with E-state index in [1.807, 2.05) is 18.2 Å². The number of hydrogen-bond acceptors (Lipinski definition) is 3. The summed E-state index contributed by atoms with van der Waals surface area (Å²) >= 11 is 0. The molecule has 1 saturated carbocycles. The number of allylic oxidation sites excluding steroid dienone is 1. The number of benzene rings is 1. The Hall–Kier alpha value is -1.86. The second kappa shape index (κ2) is 10.2. The maximum absolute atomic E-state index is 13.9. The van der Waals surface area contributed by atoms with E-state index >= 15 is 0 Å². The smallest absolute Gasteiger partial charge is 0.375 e. The lowest BCUT2D eigenvalue weighted by atomic mass is 9.78. The van der Waals surface area contributed by atoms with E-state index in [0.29, 0.717) is 5.56 Å². The van der Waals surface area contributed by atoms with Crippen molar-refractivity contribution in [1.82, 2.24) is 10.2 Å². The van der Waals surface area contributed by atoms with Crippen molar-refractivity contribution in [2.24, 2.45) is 5.92 Å². The standard InChI is InChI=1S/C24H33F3N2O2/c1-18(24(25,26)27)8-7-17-29(21-13-15-28-16-14-21)22(30)23(31,20-11-5-6-12-20)19-9-3-2-4-10-19/h2-4,8-10,20-21,28,31H,5-7,11-17H2,1H3/b18-8+. The molecule has 1 amide bonds. The van der Waals surface area contributed by atoms with Gasteiger partial charge in [0.1, 0.15) is 0 Å². The number of nitrogens with one attached hydrogen (secondary N) is 1. The summed E-state index contributed by atoms with van der Waals surface area (Å²) in [6.45, 7) is 2.71. The Morgan fingerprint density at radius 3 is 2.32 bits per heavy atom. The van der Waals surface area contributed by atoms with Gasteiger partial charge in [0.15, 0.2) is 5.60 Å². The second-order valence-electron chi connectivity index (χ2n) is 8.77. The molecule has 1 atom stereocenters. The summed E-state index contributed by atoms with van der Waals surface area (Å²) in [6, 6.07) is 8.94. The minimum absolute atomic E-state index is 0.0926. The Kier molecular flexibility index (Phi) is 7.81. The number of rotatable bonds is 7. The molecule has 1 unspecified atom stereocenters. The third kappa shape index (κ3) is 5.50. The SMILES string of the molecule is C/C(=C\CCN(C(=O)C(O)(c1ccccc1)C1CCCC1)C1CCNCC1)C(F)(F)F. The van der Waals surface area contributed by atoms with Gasteiger partial charge in [0, 0.05) is 24.1 Å². The number of piperidine rings is 1. The average molecular weight is 439 g/mol. The van der Waals surface area contributed by atoms with Crippen molar-refractivity contribution in [3.63, 3.8) is 0 Å². The van der Waals surface area contributed by atoms with E-state index in [0.717, 1.165) is 64.6 Å². The molecule has 1 aromatic rings. The van der Waals surface area contributed by atoms with Gasteiger partial charge in [-0.3, -0.25) is 4.79 Å². The lowest BCUT2D eigenvalue weighted by Gasteiger charge is -2.42. The molecule has 1 heterocycles. The molecular weight excluding hydrogens is 405 g/mol. The molecule has 2 aliphatic rings. The highest BCUT2D eigenvalue weighted by Crippen LogP contribution is 2.42. The molecule has 2 N–H and O–H groups in total. The maximum atomic E-state index is 13.9. The first kappa shape index (κ1) is 23.8. The summed E-state index contributed by atoms with van der Waals surface area (Å²) in [5.41, 5.74) is -1.72. The number of aliphatic hydroxyl groups is 1.